The van der Waals surface area contributed by atoms with Gasteiger partial charge in [0.15, 0.2) is 11.6 Å². The topological polar surface area (TPSA) is 29.5 Å². The molecule has 1 fully saturated rings. The van der Waals surface area contributed by atoms with Crippen molar-refractivity contribution in [1.29, 1.82) is 0 Å². The van der Waals surface area contributed by atoms with Crippen LogP contribution in [0.15, 0.2) is 12.1 Å². The molecule has 2 atom stereocenters. The van der Waals surface area contributed by atoms with Crippen LogP contribution in [0, 0.1) is 18.6 Å². The molecule has 0 aromatic heterocycles. The van der Waals surface area contributed by atoms with Crippen molar-refractivity contribution >= 4 is 0 Å². The molecule has 1 aromatic rings. The maximum atomic E-state index is 13.9. The predicted octanol–water partition coefficient (Wildman–Crippen LogP) is 3.05. The zero-order chi connectivity index (χ0) is 13.3. The van der Waals surface area contributed by atoms with Crippen LogP contribution in [0.3, 0.4) is 0 Å². The van der Waals surface area contributed by atoms with E-state index in [0.29, 0.717) is 12.8 Å². The Morgan fingerprint density at radius 2 is 2.06 bits per heavy atom. The van der Waals surface area contributed by atoms with Gasteiger partial charge in [-0.25, -0.2) is 8.78 Å². The van der Waals surface area contributed by atoms with Crippen molar-refractivity contribution in [3.05, 3.63) is 34.9 Å². The van der Waals surface area contributed by atoms with Gasteiger partial charge in [0, 0.05) is 19.1 Å². The van der Waals surface area contributed by atoms with Crippen LogP contribution in [-0.4, -0.2) is 18.3 Å². The van der Waals surface area contributed by atoms with E-state index in [1.54, 1.807) is 7.11 Å². The number of ether oxygens (including phenoxy) is 1. The highest BCUT2D eigenvalue weighted by atomic mass is 19.2. The van der Waals surface area contributed by atoms with Crippen LogP contribution in [0.1, 0.15) is 36.8 Å². The van der Waals surface area contributed by atoms with Gasteiger partial charge < -0.3 is 9.84 Å². The Bertz CT molecular complexity index is 448. The molecule has 2 unspecified atom stereocenters. The van der Waals surface area contributed by atoms with E-state index in [-0.39, 0.29) is 17.2 Å². The van der Waals surface area contributed by atoms with Gasteiger partial charge in [-0.3, -0.25) is 0 Å². The number of methoxy groups -OCH3 is 1. The third kappa shape index (κ3) is 2.27. The molecule has 0 amide bonds. The lowest BCUT2D eigenvalue weighted by Gasteiger charge is -2.36. The van der Waals surface area contributed by atoms with Crippen LogP contribution in [0.5, 0.6) is 0 Å². The van der Waals surface area contributed by atoms with Crippen molar-refractivity contribution in [3.63, 3.8) is 0 Å². The van der Waals surface area contributed by atoms with E-state index in [2.05, 4.69) is 0 Å². The van der Waals surface area contributed by atoms with Crippen LogP contribution < -0.4 is 0 Å². The Balaban J connectivity index is 2.38. The first-order valence-corrected chi connectivity index (χ1v) is 6.18. The molecule has 0 aliphatic heterocycles. The Morgan fingerprint density at radius 1 is 1.33 bits per heavy atom. The first-order valence-electron chi connectivity index (χ1n) is 6.18. The molecule has 0 saturated heterocycles. The SMILES string of the molecule is COC1CCCC(O)(c2ccc(C)c(F)c2F)C1. The molecule has 18 heavy (non-hydrogen) atoms. The second-order valence-corrected chi connectivity index (χ2v) is 5.04. The summed E-state index contributed by atoms with van der Waals surface area (Å²) in [5.74, 6) is -1.81. The molecular formula is C14H18F2O2. The second-order valence-electron chi connectivity index (χ2n) is 5.04. The highest BCUT2D eigenvalue weighted by molar-refractivity contribution is 5.30. The molecule has 0 heterocycles. The zero-order valence-corrected chi connectivity index (χ0v) is 10.7. The van der Waals surface area contributed by atoms with Crippen LogP contribution >= 0.6 is 0 Å². The first kappa shape index (κ1) is 13.4. The van der Waals surface area contributed by atoms with E-state index in [1.165, 1.54) is 19.1 Å². The third-order valence-corrected chi connectivity index (χ3v) is 3.79. The lowest BCUT2D eigenvalue weighted by Crippen LogP contribution is -2.36. The van der Waals surface area contributed by atoms with Gasteiger partial charge in [-0.2, -0.15) is 0 Å². The van der Waals surface area contributed by atoms with Crippen molar-refractivity contribution in [1.82, 2.24) is 0 Å². The fourth-order valence-corrected chi connectivity index (χ4v) is 2.65. The van der Waals surface area contributed by atoms with Gasteiger partial charge in [-0.1, -0.05) is 12.1 Å². The number of hydrogen-bond donors (Lipinski definition) is 1. The minimum atomic E-state index is -1.32. The molecule has 0 bridgehead atoms. The van der Waals surface area contributed by atoms with Gasteiger partial charge >= 0.3 is 0 Å². The van der Waals surface area contributed by atoms with Crippen molar-refractivity contribution in [3.8, 4) is 0 Å². The van der Waals surface area contributed by atoms with E-state index in [0.717, 1.165) is 12.8 Å². The predicted molar refractivity (Wildman–Crippen MR) is 64.3 cm³/mol. The Hall–Kier alpha value is -1.00. The smallest absolute Gasteiger partial charge is 0.165 e. The average Bonchev–Trinajstić information content (AvgIpc) is 2.35. The molecule has 4 heteroatoms. The lowest BCUT2D eigenvalue weighted by atomic mass is 9.78. The number of halogens is 2. The van der Waals surface area contributed by atoms with Gasteiger partial charge in [0.05, 0.1) is 11.7 Å². The van der Waals surface area contributed by atoms with Crippen LogP contribution in [0.2, 0.25) is 0 Å². The summed E-state index contributed by atoms with van der Waals surface area (Å²) >= 11 is 0. The minimum Gasteiger partial charge on any atom is -0.385 e. The van der Waals surface area contributed by atoms with Crippen molar-refractivity contribution in [2.24, 2.45) is 0 Å². The molecule has 2 rings (SSSR count). The number of aliphatic hydroxyl groups is 1. The van der Waals surface area contributed by atoms with Gasteiger partial charge in [-0.05, 0) is 31.7 Å². The fraction of sp³-hybridized carbons (Fsp3) is 0.571. The molecule has 1 aliphatic carbocycles. The van der Waals surface area contributed by atoms with E-state index in [1.807, 2.05) is 0 Å². The summed E-state index contributed by atoms with van der Waals surface area (Å²) in [7, 11) is 1.57. The molecule has 1 aliphatic rings. The third-order valence-electron chi connectivity index (χ3n) is 3.79. The normalized spacial score (nSPS) is 28.4. The lowest BCUT2D eigenvalue weighted by molar-refractivity contribution is -0.0653. The van der Waals surface area contributed by atoms with E-state index < -0.39 is 17.2 Å². The summed E-state index contributed by atoms with van der Waals surface area (Å²) in [5.41, 5.74) is -1.02. The summed E-state index contributed by atoms with van der Waals surface area (Å²) in [6, 6.07) is 2.98. The number of rotatable bonds is 2. The van der Waals surface area contributed by atoms with Crippen LogP contribution in [0.25, 0.3) is 0 Å². The summed E-state index contributed by atoms with van der Waals surface area (Å²) in [6.45, 7) is 1.51. The van der Waals surface area contributed by atoms with Gasteiger partial charge in [0.2, 0.25) is 0 Å². The monoisotopic (exact) mass is 256 g/mol. The minimum absolute atomic E-state index is 0.0485. The highest BCUT2D eigenvalue weighted by Crippen LogP contribution is 2.39. The van der Waals surface area contributed by atoms with E-state index >= 15 is 0 Å². The molecule has 1 saturated carbocycles. The highest BCUT2D eigenvalue weighted by Gasteiger charge is 2.38. The fourth-order valence-electron chi connectivity index (χ4n) is 2.65. The van der Waals surface area contributed by atoms with Crippen LogP contribution in [0.4, 0.5) is 8.78 Å². The maximum Gasteiger partial charge on any atom is 0.165 e. The molecule has 1 N–H and O–H groups in total. The Kier molecular flexibility index (Phi) is 3.69. The molecule has 1 aromatic carbocycles. The average molecular weight is 256 g/mol. The largest absolute Gasteiger partial charge is 0.385 e. The van der Waals surface area contributed by atoms with E-state index in [4.69, 9.17) is 4.74 Å². The molecular weight excluding hydrogens is 238 g/mol. The van der Waals surface area contributed by atoms with Gasteiger partial charge in [0.25, 0.3) is 0 Å². The summed E-state index contributed by atoms with van der Waals surface area (Å²) in [6.07, 6.45) is 2.22. The quantitative estimate of drug-likeness (QED) is 0.881. The maximum absolute atomic E-state index is 13.9. The summed E-state index contributed by atoms with van der Waals surface area (Å²) in [5, 5.41) is 10.6. The van der Waals surface area contributed by atoms with Crippen molar-refractivity contribution < 1.29 is 18.6 Å². The second kappa shape index (κ2) is 4.94. The number of benzene rings is 1. The molecule has 0 radical (unpaired) electrons. The number of aryl methyl sites for hydroxylation is 1. The van der Waals surface area contributed by atoms with Gasteiger partial charge in [-0.15, -0.1) is 0 Å². The first-order chi connectivity index (χ1) is 8.48. The molecule has 2 nitrogen and oxygen atoms in total. The molecule has 100 valence electrons. The van der Waals surface area contributed by atoms with Crippen molar-refractivity contribution in [2.75, 3.05) is 7.11 Å². The standard InChI is InChI=1S/C14H18F2O2/c1-9-5-6-11(13(16)12(9)15)14(17)7-3-4-10(8-14)18-2/h5-6,10,17H,3-4,7-8H2,1-2H3. The Labute approximate surface area is 106 Å². The summed E-state index contributed by atoms with van der Waals surface area (Å²) < 4.78 is 32.8. The zero-order valence-electron chi connectivity index (χ0n) is 10.7. The van der Waals surface area contributed by atoms with Crippen molar-refractivity contribution in [2.45, 2.75) is 44.3 Å². The number of hydrogen-bond acceptors (Lipinski definition) is 2. The summed E-state index contributed by atoms with van der Waals surface area (Å²) in [4.78, 5) is 0. The molecule has 0 spiro atoms. The Morgan fingerprint density at radius 3 is 2.72 bits per heavy atom. The van der Waals surface area contributed by atoms with Gasteiger partial charge in [0.1, 0.15) is 0 Å². The van der Waals surface area contributed by atoms with Crippen LogP contribution in [-0.2, 0) is 10.3 Å². The van der Waals surface area contributed by atoms with E-state index in [9.17, 15) is 13.9 Å².